The van der Waals surface area contributed by atoms with E-state index < -0.39 is 11.8 Å². The van der Waals surface area contributed by atoms with Crippen LogP contribution >= 0.6 is 12.2 Å². The molecular formula is C21H17N3O3S. The summed E-state index contributed by atoms with van der Waals surface area (Å²) in [5.74, 6) is -0.419. The van der Waals surface area contributed by atoms with Gasteiger partial charge in [0.15, 0.2) is 5.11 Å². The highest BCUT2D eigenvalue weighted by Gasteiger charge is 2.35. The number of amides is 2. The third-order valence-electron chi connectivity index (χ3n) is 4.38. The Morgan fingerprint density at radius 3 is 2.32 bits per heavy atom. The molecule has 7 heteroatoms. The summed E-state index contributed by atoms with van der Waals surface area (Å²) >= 11 is 5.10. The second-order valence-corrected chi connectivity index (χ2v) is 6.53. The van der Waals surface area contributed by atoms with Gasteiger partial charge in [0, 0.05) is 25.2 Å². The van der Waals surface area contributed by atoms with Gasteiger partial charge in [0.2, 0.25) is 0 Å². The van der Waals surface area contributed by atoms with E-state index in [0.29, 0.717) is 16.9 Å². The van der Waals surface area contributed by atoms with Crippen LogP contribution in [0.3, 0.4) is 0 Å². The molecule has 0 radical (unpaired) electrons. The van der Waals surface area contributed by atoms with Gasteiger partial charge in [-0.25, -0.2) is 0 Å². The van der Waals surface area contributed by atoms with Gasteiger partial charge in [-0.1, -0.05) is 36.4 Å². The Hall–Kier alpha value is -3.50. The lowest BCUT2D eigenvalue weighted by Gasteiger charge is -2.31. The minimum atomic E-state index is -0.460. The van der Waals surface area contributed by atoms with Gasteiger partial charge in [0.1, 0.15) is 17.9 Å². The van der Waals surface area contributed by atoms with Crippen LogP contribution in [0.5, 0.6) is 5.75 Å². The molecule has 0 bridgehead atoms. The summed E-state index contributed by atoms with van der Waals surface area (Å²) in [5, 5.41) is 9.36. The fourth-order valence-corrected chi connectivity index (χ4v) is 2.94. The van der Waals surface area contributed by atoms with Gasteiger partial charge in [0.05, 0.1) is 11.6 Å². The molecule has 0 saturated carbocycles. The van der Waals surface area contributed by atoms with Gasteiger partial charge >= 0.3 is 0 Å². The summed E-state index contributed by atoms with van der Waals surface area (Å²) in [4.78, 5) is 27.6. The number of nitrogens with zero attached hydrogens (tertiary/aromatic N) is 3. The van der Waals surface area contributed by atoms with Crippen molar-refractivity contribution in [3.05, 3.63) is 70.8 Å². The maximum Gasteiger partial charge on any atom is 0.265 e. The molecule has 2 aromatic carbocycles. The molecule has 1 aliphatic rings. The fourth-order valence-electron chi connectivity index (χ4n) is 2.77. The van der Waals surface area contributed by atoms with Gasteiger partial charge in [-0.05, 0) is 30.4 Å². The van der Waals surface area contributed by atoms with E-state index >= 15 is 0 Å². The lowest BCUT2D eigenvalue weighted by molar-refractivity contribution is -0.132. The molecule has 140 valence electrons. The number of para-hydroxylation sites is 1. The first-order valence-corrected chi connectivity index (χ1v) is 8.86. The van der Waals surface area contributed by atoms with Gasteiger partial charge in [-0.3, -0.25) is 19.4 Å². The Bertz CT molecular complexity index is 1010. The van der Waals surface area contributed by atoms with Crippen LogP contribution < -0.4 is 4.74 Å². The van der Waals surface area contributed by atoms with Crippen molar-refractivity contribution >= 4 is 35.2 Å². The summed E-state index contributed by atoms with van der Waals surface area (Å²) < 4.78 is 5.88. The molecule has 0 N–H and O–H groups in total. The highest BCUT2D eigenvalue weighted by atomic mass is 32.1. The molecule has 2 amide bonds. The van der Waals surface area contributed by atoms with E-state index in [2.05, 4.69) is 6.07 Å². The van der Waals surface area contributed by atoms with Gasteiger partial charge < -0.3 is 4.74 Å². The quantitative estimate of drug-likeness (QED) is 0.455. The number of carbonyl (C=O) groups excluding carboxylic acids is 2. The smallest absolute Gasteiger partial charge is 0.265 e. The number of likely N-dealkylation sites (N-methyl/N-ethyl adjacent to an activating group) is 2. The van der Waals surface area contributed by atoms with Crippen molar-refractivity contribution in [2.45, 2.75) is 6.61 Å². The zero-order valence-corrected chi connectivity index (χ0v) is 16.2. The third-order valence-corrected chi connectivity index (χ3v) is 4.93. The highest BCUT2D eigenvalue weighted by Crippen LogP contribution is 2.25. The normalized spacial score (nSPS) is 14.2. The first kappa shape index (κ1) is 19.3. The Morgan fingerprint density at radius 2 is 1.64 bits per heavy atom. The average molecular weight is 391 g/mol. The van der Waals surface area contributed by atoms with Crippen molar-refractivity contribution in [3.63, 3.8) is 0 Å². The van der Waals surface area contributed by atoms with Crippen LogP contribution in [0.4, 0.5) is 0 Å². The first-order valence-electron chi connectivity index (χ1n) is 8.45. The molecule has 1 aliphatic heterocycles. The molecule has 0 aromatic heterocycles. The number of carbonyl (C=O) groups is 2. The molecule has 2 aromatic rings. The summed E-state index contributed by atoms with van der Waals surface area (Å²) in [5.41, 5.74) is 1.88. The van der Waals surface area contributed by atoms with Crippen molar-refractivity contribution in [2.24, 2.45) is 0 Å². The minimum Gasteiger partial charge on any atom is -0.488 e. The second-order valence-electron chi connectivity index (χ2n) is 6.16. The molecular weight excluding hydrogens is 374 g/mol. The van der Waals surface area contributed by atoms with Crippen molar-refractivity contribution in [1.82, 2.24) is 9.80 Å². The Labute approximate surface area is 168 Å². The molecule has 0 unspecified atom stereocenters. The van der Waals surface area contributed by atoms with E-state index in [1.165, 1.54) is 30.0 Å². The predicted molar refractivity (Wildman–Crippen MR) is 108 cm³/mol. The standard InChI is InChI=1S/C21H17N3O3S/c1-23-19(25)17(20(26)24(2)21(23)28)11-14-7-5-6-10-18(14)27-13-16-9-4-3-8-15(16)12-22/h3-11H,13H2,1-2H3. The maximum absolute atomic E-state index is 12.5. The van der Waals surface area contributed by atoms with E-state index in [1.54, 1.807) is 36.4 Å². The number of rotatable bonds is 4. The lowest BCUT2D eigenvalue weighted by atomic mass is 10.1. The van der Waals surface area contributed by atoms with Crippen LogP contribution in [-0.2, 0) is 16.2 Å². The van der Waals surface area contributed by atoms with Crippen LogP contribution in [0, 0.1) is 11.3 Å². The van der Waals surface area contributed by atoms with E-state index in [4.69, 9.17) is 17.0 Å². The summed E-state index contributed by atoms with van der Waals surface area (Å²) in [7, 11) is 3.06. The van der Waals surface area contributed by atoms with Gasteiger partial charge in [0.25, 0.3) is 11.8 Å². The monoisotopic (exact) mass is 391 g/mol. The van der Waals surface area contributed by atoms with E-state index in [1.807, 2.05) is 12.1 Å². The summed E-state index contributed by atoms with van der Waals surface area (Å²) in [6.07, 6.45) is 1.50. The van der Waals surface area contributed by atoms with Crippen LogP contribution in [0.25, 0.3) is 6.08 Å². The fraction of sp³-hybridized carbons (Fsp3) is 0.143. The lowest BCUT2D eigenvalue weighted by Crippen LogP contribution is -2.52. The van der Waals surface area contributed by atoms with Gasteiger partial charge in [-0.2, -0.15) is 5.26 Å². The van der Waals surface area contributed by atoms with Crippen molar-refractivity contribution < 1.29 is 14.3 Å². The van der Waals surface area contributed by atoms with Crippen molar-refractivity contribution in [2.75, 3.05) is 14.1 Å². The molecule has 0 spiro atoms. The minimum absolute atomic E-state index is 0.00655. The summed E-state index contributed by atoms with van der Waals surface area (Å²) in [6.45, 7) is 0.190. The predicted octanol–water partition coefficient (Wildman–Crippen LogP) is 2.74. The topological polar surface area (TPSA) is 73.6 Å². The van der Waals surface area contributed by atoms with Crippen molar-refractivity contribution in [3.8, 4) is 11.8 Å². The number of benzene rings is 2. The Kier molecular flexibility index (Phi) is 5.52. The molecule has 6 nitrogen and oxygen atoms in total. The molecule has 0 aliphatic carbocycles. The zero-order chi connectivity index (χ0) is 20.3. The van der Waals surface area contributed by atoms with Crippen LogP contribution in [0.15, 0.2) is 54.1 Å². The second kappa shape index (κ2) is 8.03. The Morgan fingerprint density at radius 1 is 1.04 bits per heavy atom. The number of thiocarbonyl (C=S) groups is 1. The molecule has 0 atom stereocenters. The highest BCUT2D eigenvalue weighted by molar-refractivity contribution is 7.80. The number of hydrogen-bond donors (Lipinski definition) is 0. The van der Waals surface area contributed by atoms with E-state index in [9.17, 15) is 14.9 Å². The third kappa shape index (κ3) is 3.63. The van der Waals surface area contributed by atoms with Crippen molar-refractivity contribution in [1.29, 1.82) is 5.26 Å². The number of hydrogen-bond acceptors (Lipinski definition) is 5. The number of nitriles is 1. The van der Waals surface area contributed by atoms with E-state index in [0.717, 1.165) is 5.56 Å². The summed E-state index contributed by atoms with van der Waals surface area (Å²) in [6, 6.07) is 16.4. The van der Waals surface area contributed by atoms with Gasteiger partial charge in [-0.15, -0.1) is 0 Å². The largest absolute Gasteiger partial charge is 0.488 e. The molecule has 28 heavy (non-hydrogen) atoms. The zero-order valence-electron chi connectivity index (χ0n) is 15.4. The maximum atomic E-state index is 12.5. The molecule has 1 saturated heterocycles. The van der Waals surface area contributed by atoms with E-state index in [-0.39, 0.29) is 17.3 Å². The first-order chi connectivity index (χ1) is 13.4. The number of ether oxygens (including phenoxy) is 1. The van der Waals surface area contributed by atoms with Crippen LogP contribution in [0.1, 0.15) is 16.7 Å². The molecule has 3 rings (SSSR count). The van der Waals surface area contributed by atoms with Crippen LogP contribution in [-0.4, -0.2) is 40.8 Å². The Balaban J connectivity index is 1.91. The SMILES string of the molecule is CN1C(=O)C(=Cc2ccccc2OCc2ccccc2C#N)C(=O)N(C)C1=S. The van der Waals surface area contributed by atoms with Crippen LogP contribution in [0.2, 0.25) is 0 Å². The average Bonchev–Trinajstić information content (AvgIpc) is 2.73. The molecule has 1 heterocycles. The molecule has 1 fully saturated rings.